The van der Waals surface area contributed by atoms with E-state index in [0.717, 1.165) is 23.3 Å². The van der Waals surface area contributed by atoms with Gasteiger partial charge in [0.05, 0.1) is 64.6 Å². The molecule has 3 atom stereocenters. The molecule has 1 aliphatic rings. The van der Waals surface area contributed by atoms with E-state index in [-0.39, 0.29) is 145 Å². The number of ketones is 1. The Morgan fingerprint density at radius 1 is 0.645 bits per heavy atom. The number of amides is 7. The van der Waals surface area contributed by atoms with Crippen molar-refractivity contribution < 1.29 is 81.9 Å². The molecule has 0 saturated heterocycles. The Morgan fingerprint density at radius 3 is 1.74 bits per heavy atom. The molecule has 0 bridgehead atoms. The summed E-state index contributed by atoms with van der Waals surface area (Å²) in [6, 6.07) is 4.47. The van der Waals surface area contributed by atoms with Crippen LogP contribution < -0.4 is 26.6 Å². The van der Waals surface area contributed by atoms with Gasteiger partial charge in [0.15, 0.2) is 5.78 Å². The number of phenolic OH excluding ortho intramolecular Hbond substituents is 1. The normalized spacial score (nSPS) is 13.1. The predicted molar refractivity (Wildman–Crippen MR) is 276 cm³/mol. The van der Waals surface area contributed by atoms with Crippen molar-refractivity contribution in [3.8, 4) is 5.75 Å². The molecule has 0 aliphatic carbocycles. The van der Waals surface area contributed by atoms with Crippen LogP contribution in [-0.4, -0.2) is 159 Å². The lowest BCUT2D eigenvalue weighted by Gasteiger charge is -2.29. The number of carbonyl (C=O) groups is 9. The Kier molecular flexibility index (Phi) is 35.5. The first-order valence-corrected chi connectivity index (χ1v) is 26.0. The summed E-state index contributed by atoms with van der Waals surface area (Å²) in [6.45, 7) is 13.9. The third-order valence-corrected chi connectivity index (χ3v) is 12.0. The average molecular weight is 1080 g/mol. The van der Waals surface area contributed by atoms with Crippen LogP contribution in [0.1, 0.15) is 124 Å². The average Bonchev–Trinajstić information content (AvgIpc) is 3.66. The number of hydrogen-bond donors (Lipinski definition) is 7. The summed E-state index contributed by atoms with van der Waals surface area (Å²) in [5.41, 5.74) is 1.57. The summed E-state index contributed by atoms with van der Waals surface area (Å²) in [4.78, 5) is 126. The number of carbonyl (C=O) groups excluding carboxylic acids is 10. The molecule has 0 saturated carbocycles. The van der Waals surface area contributed by atoms with Crippen molar-refractivity contribution in [2.45, 2.75) is 131 Å². The van der Waals surface area contributed by atoms with Crippen LogP contribution in [0, 0.1) is 17.3 Å². The predicted octanol–water partition coefficient (Wildman–Crippen LogP) is 3.16. The second kappa shape index (κ2) is 39.9. The van der Waals surface area contributed by atoms with E-state index in [4.69, 9.17) is 33.6 Å². The number of phenols is 1. The van der Waals surface area contributed by atoms with Gasteiger partial charge in [0.1, 0.15) is 12.2 Å². The largest absolute Gasteiger partial charge is 0.506 e. The van der Waals surface area contributed by atoms with Crippen molar-refractivity contribution in [2.75, 3.05) is 84.4 Å². The van der Waals surface area contributed by atoms with Gasteiger partial charge in [-0.15, -0.1) is 0 Å². The maximum absolute atomic E-state index is 13.4. The Morgan fingerprint density at radius 2 is 1.17 bits per heavy atom. The number of aromatic hydroxyl groups is 1. The van der Waals surface area contributed by atoms with Gasteiger partial charge in [-0.05, 0) is 86.3 Å². The topological polar surface area (TPSA) is 329 Å². The molecule has 23 nitrogen and oxygen atoms in total. The lowest BCUT2D eigenvalue weighted by atomic mass is 9.76. The van der Waals surface area contributed by atoms with Crippen molar-refractivity contribution in [1.82, 2.24) is 26.2 Å². The lowest BCUT2D eigenvalue weighted by Crippen LogP contribution is -2.41. The lowest BCUT2D eigenvalue weighted by molar-refractivity contribution is -0.192. The number of hydrogen-bond acceptors (Lipinski definition) is 16. The second-order valence-electron chi connectivity index (χ2n) is 19.4. The van der Waals surface area contributed by atoms with Crippen molar-refractivity contribution in [3.63, 3.8) is 0 Å². The highest BCUT2D eigenvalue weighted by atomic mass is 16.5. The molecule has 0 aromatic heterocycles. The molecule has 7 amide bonds. The maximum atomic E-state index is 13.4. The van der Waals surface area contributed by atoms with Crippen LogP contribution in [0.3, 0.4) is 0 Å². The van der Waals surface area contributed by atoms with Crippen molar-refractivity contribution in [3.05, 3.63) is 35.9 Å². The first-order chi connectivity index (χ1) is 36.2. The fourth-order valence-electron chi connectivity index (χ4n) is 7.43. The fraction of sp³-hybridized carbons (Fsp3) is 0.660. The Labute approximate surface area is 445 Å². The first-order valence-electron chi connectivity index (χ1n) is 26.0. The van der Waals surface area contributed by atoms with Crippen LogP contribution in [0.4, 0.5) is 5.69 Å². The molecule has 0 radical (unpaired) electrons. The Bertz CT molecular complexity index is 2030. The highest BCUT2D eigenvalue weighted by Crippen LogP contribution is 2.33. The van der Waals surface area contributed by atoms with Crippen LogP contribution in [-0.2, 0) is 78.1 Å². The van der Waals surface area contributed by atoms with Crippen LogP contribution >= 0.6 is 0 Å². The molecule has 0 spiro atoms. The number of aliphatic carboxylic acids is 1. The highest BCUT2D eigenvalue weighted by Gasteiger charge is 2.25. The van der Waals surface area contributed by atoms with Gasteiger partial charge in [-0.2, -0.15) is 9.59 Å². The zero-order valence-corrected chi connectivity index (χ0v) is 45.0. The van der Waals surface area contributed by atoms with E-state index in [9.17, 15) is 48.3 Å². The standard InChI is InChI=1S/C52H82N6O15.CO2/c1-37(33-38(2)52(3,4)5)34-39-15-16-43(60)41(35-39)57-46(63)13-7-6-12-42(59)40(56-47(64)14-10-24-58-49(66)17-18-50(58)67)11-8-9-21-53-44(61)19-25-70-29-31-72-27-22-54-45(62)20-26-71-30-32-73-28-23-55-48(65)36-51(68)69;2-1-3/h15-18,35,37-38,40,60H,6-14,19-34,36H2,1-5H3,(H,53,61)(H,54,62)(H,55,65)(H,56,64)(H,57,63)(H,68,69);/t37-,38?,40+;/m1./s1. The highest BCUT2D eigenvalue weighted by molar-refractivity contribution is 6.12. The summed E-state index contributed by atoms with van der Waals surface area (Å²) in [5, 5.41) is 32.6. The maximum Gasteiger partial charge on any atom is 0.373 e. The van der Waals surface area contributed by atoms with Crippen LogP contribution in [0.15, 0.2) is 30.4 Å². The molecule has 1 aromatic rings. The number of benzene rings is 1. The summed E-state index contributed by atoms with van der Waals surface area (Å²) in [6.07, 6.45) is 6.79. The summed E-state index contributed by atoms with van der Waals surface area (Å²) in [7, 11) is 0. The number of carboxylic acids is 1. The summed E-state index contributed by atoms with van der Waals surface area (Å²) < 4.78 is 21.5. The van der Waals surface area contributed by atoms with Gasteiger partial charge in [0, 0.05) is 70.4 Å². The van der Waals surface area contributed by atoms with Crippen LogP contribution in [0.2, 0.25) is 0 Å². The third-order valence-electron chi connectivity index (χ3n) is 12.0. The number of unbranched alkanes of at least 4 members (excludes halogenated alkanes) is 2. The molecule has 23 heteroatoms. The number of Topliss-reactive ketones (excluding diaryl/α,β-unsaturated/α-hetero) is 1. The number of rotatable bonds is 41. The molecular formula is C53H82N6O17. The Hall–Kier alpha value is -6.39. The van der Waals surface area contributed by atoms with Crippen molar-refractivity contribution >= 4 is 64.9 Å². The number of carboxylic acid groups (broad SMARTS) is 1. The van der Waals surface area contributed by atoms with E-state index in [1.54, 1.807) is 6.07 Å². The van der Waals surface area contributed by atoms with Crippen molar-refractivity contribution in [2.24, 2.45) is 17.3 Å². The van der Waals surface area contributed by atoms with Gasteiger partial charge in [0.25, 0.3) is 11.8 Å². The van der Waals surface area contributed by atoms with Crippen molar-refractivity contribution in [1.29, 1.82) is 0 Å². The minimum atomic E-state index is -1.21. The van der Waals surface area contributed by atoms with Gasteiger partial charge in [-0.25, -0.2) is 0 Å². The minimum absolute atomic E-state index is 0.00287. The molecule has 1 heterocycles. The van der Waals surface area contributed by atoms with Crippen LogP contribution in [0.5, 0.6) is 5.75 Å². The molecule has 1 unspecified atom stereocenters. The molecule has 76 heavy (non-hydrogen) atoms. The van der Waals surface area contributed by atoms with E-state index in [1.807, 2.05) is 12.1 Å². The first kappa shape index (κ1) is 67.6. The zero-order valence-electron chi connectivity index (χ0n) is 45.0. The van der Waals surface area contributed by atoms with Gasteiger partial charge >= 0.3 is 12.1 Å². The third kappa shape index (κ3) is 33.5. The number of ether oxygens (including phenoxy) is 4. The minimum Gasteiger partial charge on any atom is -0.506 e. The van der Waals surface area contributed by atoms with E-state index in [2.05, 4.69) is 61.2 Å². The molecule has 1 aromatic carbocycles. The van der Waals surface area contributed by atoms with E-state index >= 15 is 0 Å². The molecular weight excluding hydrogens is 993 g/mol. The second-order valence-corrected chi connectivity index (χ2v) is 19.4. The van der Waals surface area contributed by atoms with Gasteiger partial charge < -0.3 is 55.7 Å². The summed E-state index contributed by atoms with van der Waals surface area (Å²) >= 11 is 0. The number of nitrogens with one attached hydrogen (secondary N) is 5. The number of anilines is 1. The van der Waals surface area contributed by atoms with Gasteiger partial charge in [-0.3, -0.25) is 48.1 Å². The van der Waals surface area contributed by atoms with E-state index in [1.165, 1.54) is 12.2 Å². The zero-order chi connectivity index (χ0) is 56.7. The quantitative estimate of drug-likeness (QED) is 0.0214. The van der Waals surface area contributed by atoms with Gasteiger partial charge in [-0.1, -0.05) is 40.7 Å². The SMILES string of the molecule is CC(C[C@@H](C)Cc1ccc(O)c(NC(=O)CCCCC(=O)[C@H](CCCCNC(=O)CCOCCOCCNC(=O)CCOCCOCCNC(=O)CC(=O)O)NC(=O)CCCN2C(=O)C=CC2=O)c1)C(C)(C)C.O=C=O. The van der Waals surface area contributed by atoms with E-state index < -0.39 is 42.1 Å². The molecule has 1 aliphatic heterocycles. The number of nitrogens with zero attached hydrogens (tertiary/aromatic N) is 1. The molecule has 426 valence electrons. The fourth-order valence-corrected chi connectivity index (χ4v) is 7.43. The number of imide groups is 1. The van der Waals surface area contributed by atoms with E-state index in [0.29, 0.717) is 62.7 Å². The van der Waals surface area contributed by atoms with Gasteiger partial charge in [0.2, 0.25) is 29.5 Å². The monoisotopic (exact) mass is 1070 g/mol. The Balaban J connectivity index is 0.00000938. The molecule has 2 rings (SSSR count). The smallest absolute Gasteiger partial charge is 0.373 e. The van der Waals surface area contributed by atoms with Crippen LogP contribution in [0.25, 0.3) is 0 Å². The molecule has 7 N–H and O–H groups in total. The molecule has 0 fully saturated rings. The summed E-state index contributed by atoms with van der Waals surface area (Å²) in [5.74, 6) is -3.05.